The Hall–Kier alpha value is -4.35. The molecule has 0 saturated heterocycles. The SMILES string of the molecule is CC(Cc1ccc(OCP(=O)(c2ccccc2)c2ccccc2)cc1)NCC(O)COc1ccc(OCc2ccccc2)cc1. The number of hydrogen-bond donors (Lipinski definition) is 2. The Morgan fingerprint density at radius 1 is 0.622 bits per heavy atom. The molecule has 0 bridgehead atoms. The van der Waals surface area contributed by atoms with Gasteiger partial charge in [-0.3, -0.25) is 0 Å². The minimum atomic E-state index is -2.96. The van der Waals surface area contributed by atoms with Crippen LogP contribution in [0.1, 0.15) is 18.1 Å². The molecule has 5 rings (SSSR count). The van der Waals surface area contributed by atoms with Gasteiger partial charge in [0.05, 0.1) is 0 Å². The highest BCUT2D eigenvalue weighted by Crippen LogP contribution is 2.43. The molecule has 0 heterocycles. The van der Waals surface area contributed by atoms with E-state index < -0.39 is 13.2 Å². The number of aliphatic hydroxyl groups is 1. The van der Waals surface area contributed by atoms with Crippen LogP contribution in [0.5, 0.6) is 17.2 Å². The molecule has 232 valence electrons. The highest BCUT2D eigenvalue weighted by molar-refractivity contribution is 7.78. The normalized spacial score (nSPS) is 12.7. The summed E-state index contributed by atoms with van der Waals surface area (Å²) < 4.78 is 31.8. The number of benzene rings is 5. The van der Waals surface area contributed by atoms with Gasteiger partial charge in [-0.05, 0) is 60.9 Å². The van der Waals surface area contributed by atoms with Crippen molar-refractivity contribution in [3.63, 3.8) is 0 Å². The van der Waals surface area contributed by atoms with Crippen molar-refractivity contribution in [1.29, 1.82) is 0 Å². The van der Waals surface area contributed by atoms with Gasteiger partial charge in [0.25, 0.3) is 0 Å². The Labute approximate surface area is 266 Å². The summed E-state index contributed by atoms with van der Waals surface area (Å²) in [7, 11) is -2.96. The van der Waals surface area contributed by atoms with Crippen LogP contribution in [0.3, 0.4) is 0 Å². The molecule has 0 amide bonds. The zero-order valence-electron chi connectivity index (χ0n) is 25.5. The van der Waals surface area contributed by atoms with Crippen molar-refractivity contribution in [3.05, 3.63) is 151 Å². The van der Waals surface area contributed by atoms with Gasteiger partial charge in [-0.2, -0.15) is 0 Å². The predicted molar refractivity (Wildman–Crippen MR) is 182 cm³/mol. The standard InChI is InChI=1S/C38H40NO5P/c1-30(39-26-33(40)28-43-35-23-21-34(22-24-35)42-27-32-11-5-2-6-12-32)25-31-17-19-36(20-18-31)44-29-45(41,37-13-7-3-8-14-37)38-15-9-4-10-16-38/h2-24,30,33,39-40H,25-29H2,1H3. The lowest BCUT2D eigenvalue weighted by Crippen LogP contribution is -2.37. The number of rotatable bonds is 16. The van der Waals surface area contributed by atoms with Gasteiger partial charge in [-0.1, -0.05) is 103 Å². The van der Waals surface area contributed by atoms with E-state index in [-0.39, 0.29) is 19.0 Å². The Bertz CT molecular complexity index is 1570. The van der Waals surface area contributed by atoms with Crippen LogP contribution in [0.15, 0.2) is 140 Å². The van der Waals surface area contributed by atoms with Gasteiger partial charge < -0.3 is 29.2 Å². The van der Waals surface area contributed by atoms with E-state index in [9.17, 15) is 9.67 Å². The van der Waals surface area contributed by atoms with Crippen LogP contribution < -0.4 is 30.1 Å². The number of aliphatic hydroxyl groups excluding tert-OH is 1. The summed E-state index contributed by atoms with van der Waals surface area (Å²) in [4.78, 5) is 0. The van der Waals surface area contributed by atoms with E-state index in [1.807, 2.05) is 140 Å². The van der Waals surface area contributed by atoms with Gasteiger partial charge in [0.15, 0.2) is 7.14 Å². The minimum absolute atomic E-state index is 0.0878. The van der Waals surface area contributed by atoms with Crippen molar-refractivity contribution < 1.29 is 23.9 Å². The van der Waals surface area contributed by atoms with E-state index >= 15 is 0 Å². The molecule has 0 aliphatic carbocycles. The molecular weight excluding hydrogens is 581 g/mol. The van der Waals surface area contributed by atoms with Crippen molar-refractivity contribution in [1.82, 2.24) is 5.32 Å². The van der Waals surface area contributed by atoms with E-state index in [1.54, 1.807) is 0 Å². The number of ether oxygens (including phenoxy) is 3. The summed E-state index contributed by atoms with van der Waals surface area (Å²) in [5, 5.41) is 15.4. The number of nitrogens with one attached hydrogen (secondary N) is 1. The second-order valence-electron chi connectivity index (χ2n) is 11.1. The molecule has 7 heteroatoms. The molecule has 0 spiro atoms. The molecule has 0 aromatic heterocycles. The van der Waals surface area contributed by atoms with Crippen LogP contribution in [0.2, 0.25) is 0 Å². The molecule has 6 nitrogen and oxygen atoms in total. The Balaban J connectivity index is 1.04. The van der Waals surface area contributed by atoms with Gasteiger partial charge in [0.2, 0.25) is 0 Å². The van der Waals surface area contributed by atoms with Crippen LogP contribution in [0, 0.1) is 0 Å². The van der Waals surface area contributed by atoms with Gasteiger partial charge in [-0.25, -0.2) is 0 Å². The second-order valence-corrected chi connectivity index (χ2v) is 13.8. The third kappa shape index (κ3) is 9.57. The van der Waals surface area contributed by atoms with Crippen molar-refractivity contribution in [3.8, 4) is 17.2 Å². The lowest BCUT2D eigenvalue weighted by Gasteiger charge is -2.20. The Morgan fingerprint density at radius 3 is 1.69 bits per heavy atom. The topological polar surface area (TPSA) is 77.0 Å². The first-order valence-electron chi connectivity index (χ1n) is 15.2. The highest BCUT2D eigenvalue weighted by atomic mass is 31.2. The molecule has 0 aliphatic rings. The Morgan fingerprint density at radius 2 is 1.11 bits per heavy atom. The average molecular weight is 622 g/mol. The lowest BCUT2D eigenvalue weighted by molar-refractivity contribution is 0.104. The molecule has 2 N–H and O–H groups in total. The lowest BCUT2D eigenvalue weighted by atomic mass is 10.1. The fraction of sp³-hybridized carbons (Fsp3) is 0.211. The molecule has 5 aromatic rings. The second kappa shape index (κ2) is 16.1. The first-order chi connectivity index (χ1) is 22.0. The summed E-state index contributed by atoms with van der Waals surface area (Å²) in [6, 6.07) is 44.6. The van der Waals surface area contributed by atoms with E-state index in [4.69, 9.17) is 14.2 Å². The monoisotopic (exact) mass is 621 g/mol. The molecule has 0 aliphatic heterocycles. The molecule has 2 unspecified atom stereocenters. The Kier molecular flexibility index (Phi) is 11.5. The van der Waals surface area contributed by atoms with E-state index in [1.165, 1.54) is 0 Å². The maximum Gasteiger partial charge on any atom is 0.178 e. The van der Waals surface area contributed by atoms with Gasteiger partial charge in [-0.15, -0.1) is 0 Å². The quantitative estimate of drug-likeness (QED) is 0.121. The van der Waals surface area contributed by atoms with Gasteiger partial charge in [0, 0.05) is 23.2 Å². The fourth-order valence-electron chi connectivity index (χ4n) is 4.91. The maximum absolute atomic E-state index is 14.2. The van der Waals surface area contributed by atoms with Crippen molar-refractivity contribution in [2.45, 2.75) is 32.1 Å². The maximum atomic E-state index is 14.2. The summed E-state index contributed by atoms with van der Waals surface area (Å²) in [6.45, 7) is 3.19. The van der Waals surface area contributed by atoms with Crippen LogP contribution in [-0.2, 0) is 17.6 Å². The van der Waals surface area contributed by atoms with Gasteiger partial charge in [0.1, 0.15) is 42.9 Å². The third-order valence-corrected chi connectivity index (χ3v) is 10.2. The molecule has 0 radical (unpaired) electrons. The molecule has 2 atom stereocenters. The number of hydrogen-bond acceptors (Lipinski definition) is 6. The zero-order valence-corrected chi connectivity index (χ0v) is 26.4. The summed E-state index contributed by atoms with van der Waals surface area (Å²) in [5.74, 6) is 2.12. The summed E-state index contributed by atoms with van der Waals surface area (Å²) in [5.41, 5.74) is 2.25. The van der Waals surface area contributed by atoms with E-state index in [2.05, 4.69) is 12.2 Å². The minimum Gasteiger partial charge on any atom is -0.491 e. The smallest absolute Gasteiger partial charge is 0.178 e. The van der Waals surface area contributed by atoms with Crippen LogP contribution >= 0.6 is 7.14 Å². The highest BCUT2D eigenvalue weighted by Gasteiger charge is 2.28. The predicted octanol–water partition coefficient (Wildman–Crippen LogP) is 6.58. The van der Waals surface area contributed by atoms with Crippen LogP contribution in [0.4, 0.5) is 0 Å². The average Bonchev–Trinajstić information content (AvgIpc) is 3.10. The zero-order chi connectivity index (χ0) is 31.3. The van der Waals surface area contributed by atoms with Crippen molar-refractivity contribution in [2.75, 3.05) is 19.5 Å². The van der Waals surface area contributed by atoms with E-state index in [0.717, 1.165) is 33.9 Å². The fourth-order valence-corrected chi connectivity index (χ4v) is 7.14. The first-order valence-corrected chi connectivity index (χ1v) is 17.1. The molecule has 0 fully saturated rings. The molecular formula is C38H40NO5P. The largest absolute Gasteiger partial charge is 0.491 e. The van der Waals surface area contributed by atoms with Crippen LogP contribution in [-0.4, -0.2) is 36.8 Å². The summed E-state index contributed by atoms with van der Waals surface area (Å²) >= 11 is 0. The molecule has 0 saturated carbocycles. The van der Waals surface area contributed by atoms with E-state index in [0.29, 0.717) is 24.7 Å². The van der Waals surface area contributed by atoms with Crippen molar-refractivity contribution in [2.24, 2.45) is 0 Å². The molecule has 45 heavy (non-hydrogen) atoms. The summed E-state index contributed by atoms with van der Waals surface area (Å²) in [6.07, 6.45) is 0.220. The van der Waals surface area contributed by atoms with Crippen LogP contribution in [0.25, 0.3) is 0 Å². The third-order valence-electron chi connectivity index (χ3n) is 7.44. The first kappa shape index (κ1) is 32.1. The molecule has 5 aromatic carbocycles. The van der Waals surface area contributed by atoms with Gasteiger partial charge >= 0.3 is 0 Å². The van der Waals surface area contributed by atoms with Crippen molar-refractivity contribution >= 4 is 17.8 Å².